The van der Waals surface area contributed by atoms with Crippen molar-refractivity contribution in [3.05, 3.63) is 47.5 Å². The molecule has 0 saturated carbocycles. The number of nitrogens with zero attached hydrogens (tertiary/aromatic N) is 1. The van der Waals surface area contributed by atoms with Crippen LogP contribution in [-0.2, 0) is 0 Å². The molecule has 2 aromatic rings. The minimum atomic E-state index is -0.148. The zero-order chi connectivity index (χ0) is 15.2. The predicted molar refractivity (Wildman–Crippen MR) is 84.4 cm³/mol. The molecule has 0 aliphatic rings. The average Bonchev–Trinajstić information content (AvgIpc) is 2.99. The zero-order valence-corrected chi connectivity index (χ0v) is 12.7. The summed E-state index contributed by atoms with van der Waals surface area (Å²) >= 11 is 0. The second kappa shape index (κ2) is 6.92. The number of hydrogen-bond donors (Lipinski definition) is 3. The molecule has 0 spiro atoms. The molecule has 1 aromatic carbocycles. The molecular weight excluding hydrogens is 264 g/mol. The van der Waals surface area contributed by atoms with Crippen LogP contribution in [0.5, 0.6) is 0 Å². The number of carbonyl (C=O) groups is 1. The van der Waals surface area contributed by atoms with E-state index in [1.54, 1.807) is 12.4 Å². The first kappa shape index (κ1) is 15.1. The first-order valence-corrected chi connectivity index (χ1v) is 7.26. The van der Waals surface area contributed by atoms with Crippen molar-refractivity contribution < 1.29 is 4.79 Å². The van der Waals surface area contributed by atoms with E-state index >= 15 is 0 Å². The van der Waals surface area contributed by atoms with Crippen molar-refractivity contribution >= 4 is 11.6 Å². The lowest BCUT2D eigenvalue weighted by Gasteiger charge is -2.14. The van der Waals surface area contributed by atoms with E-state index in [9.17, 15) is 4.79 Å². The normalized spacial score (nSPS) is 12.0. The number of carbonyl (C=O) groups excluding carboxylic acids is 1. The quantitative estimate of drug-likeness (QED) is 0.764. The van der Waals surface area contributed by atoms with Crippen LogP contribution in [0, 0.1) is 6.92 Å². The smallest absolute Gasteiger partial charge is 0.252 e. The lowest BCUT2D eigenvalue weighted by Crippen LogP contribution is -2.28. The van der Waals surface area contributed by atoms with E-state index in [0.717, 1.165) is 30.0 Å². The number of anilines is 1. The maximum Gasteiger partial charge on any atom is 0.252 e. The fraction of sp³-hybridized carbons (Fsp3) is 0.375. The minimum absolute atomic E-state index is 0.0848. The highest BCUT2D eigenvalue weighted by Crippen LogP contribution is 2.16. The van der Waals surface area contributed by atoms with Crippen LogP contribution in [-0.4, -0.2) is 22.4 Å². The fourth-order valence-corrected chi connectivity index (χ4v) is 2.15. The van der Waals surface area contributed by atoms with Gasteiger partial charge in [0, 0.05) is 30.2 Å². The number of nitrogens with one attached hydrogen (secondary N) is 3. The number of benzene rings is 1. The monoisotopic (exact) mass is 286 g/mol. The van der Waals surface area contributed by atoms with Gasteiger partial charge in [0.1, 0.15) is 5.82 Å². The molecule has 1 heterocycles. The molecule has 21 heavy (non-hydrogen) atoms. The molecule has 0 aliphatic heterocycles. The molecule has 112 valence electrons. The minimum Gasteiger partial charge on any atom is -0.385 e. The highest BCUT2D eigenvalue weighted by atomic mass is 16.1. The molecule has 1 amide bonds. The Labute approximate surface area is 125 Å². The van der Waals surface area contributed by atoms with E-state index in [-0.39, 0.29) is 11.9 Å². The summed E-state index contributed by atoms with van der Waals surface area (Å²) in [6, 6.07) is 5.65. The second-order valence-corrected chi connectivity index (χ2v) is 5.13. The van der Waals surface area contributed by atoms with Gasteiger partial charge in [0.15, 0.2) is 0 Å². The second-order valence-electron chi connectivity index (χ2n) is 5.13. The van der Waals surface area contributed by atoms with Gasteiger partial charge in [-0.3, -0.25) is 4.79 Å². The maximum absolute atomic E-state index is 12.3. The van der Waals surface area contributed by atoms with Crippen LogP contribution in [0.2, 0.25) is 0 Å². The third kappa shape index (κ3) is 3.84. The summed E-state index contributed by atoms with van der Waals surface area (Å²) in [5, 5.41) is 6.27. The van der Waals surface area contributed by atoms with Gasteiger partial charge in [-0.2, -0.15) is 0 Å². The van der Waals surface area contributed by atoms with E-state index in [1.807, 2.05) is 32.0 Å². The fourth-order valence-electron chi connectivity index (χ4n) is 2.15. The molecule has 0 aliphatic carbocycles. The lowest BCUT2D eigenvalue weighted by atomic mass is 10.1. The molecule has 5 nitrogen and oxygen atoms in total. The van der Waals surface area contributed by atoms with Crippen LogP contribution < -0.4 is 10.6 Å². The molecule has 3 N–H and O–H groups in total. The van der Waals surface area contributed by atoms with Gasteiger partial charge >= 0.3 is 0 Å². The molecule has 5 heteroatoms. The van der Waals surface area contributed by atoms with Crippen LogP contribution in [0.15, 0.2) is 30.6 Å². The Morgan fingerprint density at radius 3 is 2.86 bits per heavy atom. The van der Waals surface area contributed by atoms with Crippen LogP contribution in [0.4, 0.5) is 5.69 Å². The number of aryl methyl sites for hydroxylation is 1. The molecule has 0 fully saturated rings. The Balaban J connectivity index is 2.05. The zero-order valence-electron chi connectivity index (χ0n) is 12.7. The number of hydrogen-bond acceptors (Lipinski definition) is 3. The lowest BCUT2D eigenvalue weighted by molar-refractivity contribution is 0.0938. The van der Waals surface area contributed by atoms with Crippen LogP contribution in [0.1, 0.15) is 48.1 Å². The summed E-state index contributed by atoms with van der Waals surface area (Å²) in [7, 11) is 0. The molecule has 1 atom stereocenters. The van der Waals surface area contributed by atoms with Crippen molar-refractivity contribution in [2.45, 2.75) is 33.2 Å². The Hall–Kier alpha value is -2.30. The Kier molecular flexibility index (Phi) is 4.98. The Morgan fingerprint density at radius 2 is 2.24 bits per heavy atom. The predicted octanol–water partition coefficient (Wildman–Crippen LogP) is 3.03. The molecule has 0 bridgehead atoms. The largest absolute Gasteiger partial charge is 0.385 e. The van der Waals surface area contributed by atoms with E-state index in [1.165, 1.54) is 0 Å². The molecular formula is C16H22N4O. The third-order valence-corrected chi connectivity index (χ3v) is 3.33. The van der Waals surface area contributed by atoms with Gasteiger partial charge in [0.05, 0.1) is 6.04 Å². The van der Waals surface area contributed by atoms with Gasteiger partial charge < -0.3 is 15.6 Å². The number of aromatic nitrogens is 2. The molecule has 0 radical (unpaired) electrons. The number of imidazole rings is 1. The van der Waals surface area contributed by atoms with E-state index in [2.05, 4.69) is 27.5 Å². The molecule has 0 saturated heterocycles. The summed E-state index contributed by atoms with van der Waals surface area (Å²) in [6.45, 7) is 6.91. The first-order valence-electron chi connectivity index (χ1n) is 7.26. The van der Waals surface area contributed by atoms with E-state index in [0.29, 0.717) is 5.56 Å². The summed E-state index contributed by atoms with van der Waals surface area (Å²) in [4.78, 5) is 19.5. The summed E-state index contributed by atoms with van der Waals surface area (Å²) < 4.78 is 0. The average molecular weight is 286 g/mol. The maximum atomic E-state index is 12.3. The van der Waals surface area contributed by atoms with Gasteiger partial charge in [-0.15, -0.1) is 0 Å². The number of aromatic amines is 1. The van der Waals surface area contributed by atoms with Gasteiger partial charge in [0.25, 0.3) is 5.91 Å². The number of H-pyrrole nitrogens is 1. The third-order valence-electron chi connectivity index (χ3n) is 3.33. The van der Waals surface area contributed by atoms with Crippen molar-refractivity contribution in [2.24, 2.45) is 0 Å². The number of rotatable bonds is 6. The molecule has 2 rings (SSSR count). The van der Waals surface area contributed by atoms with Gasteiger partial charge in [-0.25, -0.2) is 4.98 Å². The molecule has 1 aromatic heterocycles. The van der Waals surface area contributed by atoms with Crippen molar-refractivity contribution in [1.29, 1.82) is 0 Å². The summed E-state index contributed by atoms with van der Waals surface area (Å²) in [5.74, 6) is 0.667. The van der Waals surface area contributed by atoms with Crippen molar-refractivity contribution in [3.8, 4) is 0 Å². The van der Waals surface area contributed by atoms with Crippen molar-refractivity contribution in [3.63, 3.8) is 0 Å². The van der Waals surface area contributed by atoms with Crippen LogP contribution in [0.3, 0.4) is 0 Å². The highest BCUT2D eigenvalue weighted by Gasteiger charge is 2.14. The standard InChI is InChI=1S/C16H22N4O/c1-4-7-17-13-5-6-14(11(2)10-13)16(21)20-12(3)15-18-8-9-19-15/h5-6,8-10,12,17H,4,7H2,1-3H3,(H,18,19)(H,20,21). The van der Waals surface area contributed by atoms with E-state index < -0.39 is 0 Å². The first-order chi connectivity index (χ1) is 10.1. The topological polar surface area (TPSA) is 69.8 Å². The van der Waals surface area contributed by atoms with Gasteiger partial charge in [-0.1, -0.05) is 6.92 Å². The SMILES string of the molecule is CCCNc1ccc(C(=O)NC(C)c2ncc[nH]2)c(C)c1. The summed E-state index contributed by atoms with van der Waals surface area (Å²) in [5.41, 5.74) is 2.70. The number of amides is 1. The van der Waals surface area contributed by atoms with Crippen LogP contribution >= 0.6 is 0 Å². The van der Waals surface area contributed by atoms with Gasteiger partial charge in [0.2, 0.25) is 0 Å². The highest BCUT2D eigenvalue weighted by molar-refractivity contribution is 5.96. The molecule has 1 unspecified atom stereocenters. The Morgan fingerprint density at radius 1 is 1.43 bits per heavy atom. The Bertz CT molecular complexity index is 592. The van der Waals surface area contributed by atoms with Crippen molar-refractivity contribution in [1.82, 2.24) is 15.3 Å². The van der Waals surface area contributed by atoms with Crippen molar-refractivity contribution in [2.75, 3.05) is 11.9 Å². The van der Waals surface area contributed by atoms with E-state index in [4.69, 9.17) is 0 Å². The van der Waals surface area contributed by atoms with Gasteiger partial charge in [-0.05, 0) is 44.0 Å². The van der Waals surface area contributed by atoms with Crippen LogP contribution in [0.25, 0.3) is 0 Å². The summed E-state index contributed by atoms with van der Waals surface area (Å²) in [6.07, 6.45) is 4.50.